The van der Waals surface area contributed by atoms with Crippen LogP contribution in [0.25, 0.3) is 0 Å². The zero-order valence-electron chi connectivity index (χ0n) is 9.83. The van der Waals surface area contributed by atoms with Gasteiger partial charge >= 0.3 is 0 Å². The first-order valence-corrected chi connectivity index (χ1v) is 7.01. The van der Waals surface area contributed by atoms with Crippen LogP contribution in [-0.4, -0.2) is 30.4 Å². The van der Waals surface area contributed by atoms with Gasteiger partial charge in [0.05, 0.1) is 11.2 Å². The maximum absolute atomic E-state index is 12.1. The lowest BCUT2D eigenvalue weighted by Crippen LogP contribution is -2.14. The van der Waals surface area contributed by atoms with Gasteiger partial charge in [0.2, 0.25) is 0 Å². The second-order valence-electron chi connectivity index (χ2n) is 3.45. The Morgan fingerprint density at radius 3 is 2.58 bits per heavy atom. The van der Waals surface area contributed by atoms with Gasteiger partial charge < -0.3 is 5.32 Å². The fourth-order valence-corrected chi connectivity index (χ4v) is 2.59. The molecule has 0 unspecified atom stereocenters. The minimum Gasteiger partial charge on any atom is -0.372 e. The highest BCUT2D eigenvalue weighted by atomic mass is 35.5. The highest BCUT2D eigenvalue weighted by molar-refractivity contribution is 7.92. The van der Waals surface area contributed by atoms with Crippen LogP contribution in [0.15, 0.2) is 35.7 Å². The molecule has 0 radical (unpaired) electrons. The molecule has 2 rings (SSSR count). The molecule has 0 atom stereocenters. The van der Waals surface area contributed by atoms with Crippen LogP contribution in [0.2, 0.25) is 5.02 Å². The van der Waals surface area contributed by atoms with Crippen LogP contribution in [0.5, 0.6) is 0 Å². The van der Waals surface area contributed by atoms with Gasteiger partial charge in [0, 0.05) is 25.6 Å². The molecule has 2 heterocycles. The van der Waals surface area contributed by atoms with Crippen LogP contribution in [-0.2, 0) is 10.0 Å². The molecule has 9 heteroatoms. The van der Waals surface area contributed by atoms with Gasteiger partial charge in [-0.1, -0.05) is 11.6 Å². The van der Waals surface area contributed by atoms with Crippen molar-refractivity contribution in [2.24, 2.45) is 0 Å². The van der Waals surface area contributed by atoms with E-state index in [-0.39, 0.29) is 15.7 Å². The molecule has 0 aromatic carbocycles. The molecule has 2 N–H and O–H groups in total. The zero-order valence-corrected chi connectivity index (χ0v) is 11.4. The van der Waals surface area contributed by atoms with Crippen molar-refractivity contribution >= 4 is 33.3 Å². The highest BCUT2D eigenvalue weighted by Gasteiger charge is 2.17. The van der Waals surface area contributed by atoms with E-state index in [0.29, 0.717) is 5.82 Å². The average Bonchev–Trinajstić information content (AvgIpc) is 2.39. The first kappa shape index (κ1) is 13.5. The maximum Gasteiger partial charge on any atom is 0.264 e. The van der Waals surface area contributed by atoms with E-state index in [9.17, 15) is 8.42 Å². The Morgan fingerprint density at radius 2 is 2.00 bits per heavy atom. The van der Waals surface area contributed by atoms with Crippen LogP contribution >= 0.6 is 11.6 Å². The van der Waals surface area contributed by atoms with Crippen molar-refractivity contribution in [2.45, 2.75) is 4.90 Å². The molecule has 0 saturated heterocycles. The van der Waals surface area contributed by atoms with E-state index < -0.39 is 10.0 Å². The number of rotatable bonds is 4. The second kappa shape index (κ2) is 5.37. The van der Waals surface area contributed by atoms with Crippen LogP contribution in [0.3, 0.4) is 0 Å². The number of pyridine rings is 1. The summed E-state index contributed by atoms with van der Waals surface area (Å²) in [6.45, 7) is 0. The molecule has 7 nitrogen and oxygen atoms in total. The first-order valence-electron chi connectivity index (χ1n) is 5.15. The smallest absolute Gasteiger partial charge is 0.264 e. The summed E-state index contributed by atoms with van der Waals surface area (Å²) in [5.41, 5.74) is 0. The molecule has 0 saturated carbocycles. The van der Waals surface area contributed by atoms with E-state index in [1.54, 1.807) is 7.05 Å². The van der Waals surface area contributed by atoms with Crippen molar-refractivity contribution in [1.29, 1.82) is 0 Å². The largest absolute Gasteiger partial charge is 0.372 e. The van der Waals surface area contributed by atoms with E-state index >= 15 is 0 Å². The monoisotopic (exact) mass is 299 g/mol. The lowest BCUT2D eigenvalue weighted by Gasteiger charge is -2.08. The topological polar surface area (TPSA) is 96.9 Å². The number of anilines is 2. The molecule has 2 aromatic rings. The minimum absolute atomic E-state index is 0.0536. The number of nitrogens with zero attached hydrogens (tertiary/aromatic N) is 3. The summed E-state index contributed by atoms with van der Waals surface area (Å²) in [7, 11) is -2.15. The Bertz CT molecular complexity index is 678. The summed E-state index contributed by atoms with van der Waals surface area (Å²) >= 11 is 5.89. The summed E-state index contributed by atoms with van der Waals surface area (Å²) in [4.78, 5) is 11.4. The number of nitrogens with one attached hydrogen (secondary N) is 2. The van der Waals surface area contributed by atoms with Crippen molar-refractivity contribution < 1.29 is 8.42 Å². The van der Waals surface area contributed by atoms with Gasteiger partial charge in [-0.2, -0.15) is 0 Å². The summed E-state index contributed by atoms with van der Waals surface area (Å²) in [5.74, 6) is 0.524. The number of hydrogen-bond donors (Lipinski definition) is 2. The highest BCUT2D eigenvalue weighted by Crippen LogP contribution is 2.22. The van der Waals surface area contributed by atoms with Crippen molar-refractivity contribution in [1.82, 2.24) is 15.0 Å². The molecule has 0 fully saturated rings. The van der Waals surface area contributed by atoms with Crippen LogP contribution in [0, 0.1) is 0 Å². The van der Waals surface area contributed by atoms with E-state index in [0.717, 1.165) is 0 Å². The fourth-order valence-electron chi connectivity index (χ4n) is 1.30. The van der Waals surface area contributed by atoms with Crippen molar-refractivity contribution in [3.8, 4) is 0 Å². The minimum atomic E-state index is -3.79. The molecule has 2 aromatic heterocycles. The van der Waals surface area contributed by atoms with Gasteiger partial charge in [-0.25, -0.2) is 18.4 Å². The number of hydrogen-bond acceptors (Lipinski definition) is 6. The molecule has 0 aliphatic rings. The molecule has 0 aliphatic heterocycles. The van der Waals surface area contributed by atoms with Crippen molar-refractivity contribution in [3.63, 3.8) is 0 Å². The Balaban J connectivity index is 2.32. The van der Waals surface area contributed by atoms with Gasteiger partial charge in [0.25, 0.3) is 10.0 Å². The summed E-state index contributed by atoms with van der Waals surface area (Å²) < 4.78 is 26.4. The quantitative estimate of drug-likeness (QED) is 0.885. The molecule has 0 aliphatic carbocycles. The van der Waals surface area contributed by atoms with E-state index in [4.69, 9.17) is 11.6 Å². The maximum atomic E-state index is 12.1. The molecule has 0 bridgehead atoms. The summed E-state index contributed by atoms with van der Waals surface area (Å²) in [5, 5.41) is 2.96. The van der Waals surface area contributed by atoms with Crippen LogP contribution in [0.1, 0.15) is 0 Å². The first-order chi connectivity index (χ1) is 9.03. The molecular weight excluding hydrogens is 290 g/mol. The Kier molecular flexibility index (Phi) is 3.82. The number of sulfonamides is 1. The van der Waals surface area contributed by atoms with Gasteiger partial charge in [-0.3, -0.25) is 9.71 Å². The molecule has 0 spiro atoms. The van der Waals surface area contributed by atoms with Crippen LogP contribution < -0.4 is 10.0 Å². The third kappa shape index (κ3) is 3.09. The second-order valence-corrected chi connectivity index (χ2v) is 5.54. The molecule has 0 amide bonds. The van der Waals surface area contributed by atoms with Crippen molar-refractivity contribution in [3.05, 3.63) is 35.9 Å². The SMILES string of the molecule is CNc1ncc(S(=O)(=O)Nc2cnccn2)cc1Cl. The Hall–Kier alpha value is -1.93. The lowest BCUT2D eigenvalue weighted by atomic mass is 10.4. The van der Waals surface area contributed by atoms with E-state index in [1.807, 2.05) is 0 Å². The number of halogens is 1. The standard InChI is InChI=1S/C10H10ClN5O2S/c1-12-10-8(11)4-7(5-15-10)19(17,18)16-9-6-13-2-3-14-9/h2-6H,1H3,(H,12,15)(H,14,16). The fraction of sp³-hybridized carbons (Fsp3) is 0.100. The van der Waals surface area contributed by atoms with Gasteiger partial charge in [-0.15, -0.1) is 0 Å². The Morgan fingerprint density at radius 1 is 1.21 bits per heavy atom. The average molecular weight is 300 g/mol. The van der Waals surface area contributed by atoms with E-state index in [1.165, 1.54) is 30.9 Å². The molecule has 100 valence electrons. The summed E-state index contributed by atoms with van der Waals surface area (Å²) in [6, 6.07) is 1.30. The predicted molar refractivity (Wildman–Crippen MR) is 71.6 cm³/mol. The molecular formula is C10H10ClN5O2S. The van der Waals surface area contributed by atoms with Gasteiger partial charge in [0.15, 0.2) is 5.82 Å². The van der Waals surface area contributed by atoms with E-state index in [2.05, 4.69) is 25.0 Å². The third-order valence-corrected chi connectivity index (χ3v) is 3.78. The summed E-state index contributed by atoms with van der Waals surface area (Å²) in [6.07, 6.45) is 5.33. The van der Waals surface area contributed by atoms with Gasteiger partial charge in [-0.05, 0) is 6.07 Å². The third-order valence-electron chi connectivity index (χ3n) is 2.17. The number of aromatic nitrogens is 3. The van der Waals surface area contributed by atoms with Crippen LogP contribution in [0.4, 0.5) is 11.6 Å². The zero-order chi connectivity index (χ0) is 13.9. The van der Waals surface area contributed by atoms with Gasteiger partial charge in [0.1, 0.15) is 10.7 Å². The predicted octanol–water partition coefficient (Wildman–Crippen LogP) is 1.37. The Labute approximate surface area is 115 Å². The molecule has 19 heavy (non-hydrogen) atoms. The normalized spacial score (nSPS) is 11.1. The lowest BCUT2D eigenvalue weighted by molar-refractivity contribution is 0.600. The van der Waals surface area contributed by atoms with Crippen molar-refractivity contribution in [2.75, 3.05) is 17.1 Å².